The molecule has 4 fully saturated rings. The van der Waals surface area contributed by atoms with E-state index in [0.717, 1.165) is 28.2 Å². The number of amides is 6. The van der Waals surface area contributed by atoms with E-state index in [1.54, 1.807) is 51.1 Å². The molecule has 21 heteroatoms. The van der Waals surface area contributed by atoms with Crippen molar-refractivity contribution in [2.45, 2.75) is 147 Å². The van der Waals surface area contributed by atoms with Gasteiger partial charge in [0.25, 0.3) is 17.7 Å². The van der Waals surface area contributed by atoms with Crippen molar-refractivity contribution in [3.05, 3.63) is 35.9 Å². The molecule has 0 aromatic heterocycles. The molecule has 1 aromatic rings. The smallest absolute Gasteiger partial charge is 0.331 e. The molecule has 0 saturated carbocycles. The van der Waals surface area contributed by atoms with Crippen molar-refractivity contribution in [2.75, 3.05) is 40.0 Å². The van der Waals surface area contributed by atoms with E-state index >= 15 is 4.79 Å². The molecular weight excluding hydrogens is 873 g/mol. The number of ether oxygens (including phenoxy) is 2. The number of likely N-dealkylation sites (N-methyl/N-ethyl adjacent to an activating group) is 1. The maximum absolute atomic E-state index is 15.1. The van der Waals surface area contributed by atoms with Gasteiger partial charge in [-0.25, -0.2) is 15.3 Å². The zero-order chi connectivity index (χ0) is 49.5. The molecule has 0 radical (unpaired) electrons. The zero-order valence-electron chi connectivity index (χ0n) is 40.0. The van der Waals surface area contributed by atoms with Crippen molar-refractivity contribution in [1.29, 1.82) is 0 Å². The van der Waals surface area contributed by atoms with Gasteiger partial charge >= 0.3 is 5.97 Å². The summed E-state index contributed by atoms with van der Waals surface area (Å²) in [4.78, 5) is 103. The molecule has 4 aliphatic rings. The summed E-state index contributed by atoms with van der Waals surface area (Å²) in [6.45, 7) is 10.2. The van der Waals surface area contributed by atoms with Crippen LogP contribution in [0.3, 0.4) is 0 Å². The van der Waals surface area contributed by atoms with Gasteiger partial charge in [0.1, 0.15) is 30.2 Å². The molecule has 0 aliphatic carbocycles. The van der Waals surface area contributed by atoms with E-state index < -0.39 is 120 Å². The second-order valence-corrected chi connectivity index (χ2v) is 19.4. The van der Waals surface area contributed by atoms with Gasteiger partial charge in [0.05, 0.1) is 26.0 Å². The Hall–Kier alpha value is -4.77. The van der Waals surface area contributed by atoms with Gasteiger partial charge in [-0.1, -0.05) is 58.0 Å². The van der Waals surface area contributed by atoms with E-state index in [-0.39, 0.29) is 56.4 Å². The summed E-state index contributed by atoms with van der Waals surface area (Å²) in [5.41, 5.74) is 0.947. The van der Waals surface area contributed by atoms with E-state index in [9.17, 15) is 49.3 Å². The summed E-state index contributed by atoms with van der Waals surface area (Å²) in [7, 11) is 1.33. The monoisotopic (exact) mass is 945 g/mol. The fourth-order valence-corrected chi connectivity index (χ4v) is 9.43. The minimum absolute atomic E-state index is 0.0332. The quantitative estimate of drug-likeness (QED) is 0.113. The number of hydroxylamine groups is 2. The van der Waals surface area contributed by atoms with Crippen LogP contribution in [0.4, 0.5) is 0 Å². The Bertz CT molecular complexity index is 1940. The van der Waals surface area contributed by atoms with E-state index in [2.05, 4.69) is 35.2 Å². The molecule has 0 spiro atoms. The molecule has 6 amide bonds. The summed E-state index contributed by atoms with van der Waals surface area (Å²) in [6, 6.07) is -0.107. The molecule has 11 atom stereocenters. The van der Waals surface area contributed by atoms with Crippen molar-refractivity contribution < 1.29 is 63.6 Å². The van der Waals surface area contributed by atoms with Crippen molar-refractivity contribution in [2.24, 2.45) is 23.7 Å². The number of carbonyl (C=O) groups excluding carboxylic acids is 7. The summed E-state index contributed by atoms with van der Waals surface area (Å²) >= 11 is 0. The Kier molecular flexibility index (Phi) is 17.9. The Balaban J connectivity index is 1.56. The lowest BCUT2D eigenvalue weighted by molar-refractivity contribution is -0.325. The zero-order valence-corrected chi connectivity index (χ0v) is 40.0. The lowest BCUT2D eigenvalue weighted by atomic mass is 9.79. The van der Waals surface area contributed by atoms with Crippen molar-refractivity contribution in [1.82, 2.24) is 41.2 Å². The van der Waals surface area contributed by atoms with Gasteiger partial charge in [-0.05, 0) is 82.7 Å². The van der Waals surface area contributed by atoms with Crippen LogP contribution in [0.25, 0.3) is 0 Å². The molecule has 0 bridgehead atoms. The van der Waals surface area contributed by atoms with Crippen molar-refractivity contribution >= 4 is 41.4 Å². The van der Waals surface area contributed by atoms with Gasteiger partial charge < -0.3 is 45.2 Å². The lowest BCUT2D eigenvalue weighted by Gasteiger charge is -2.47. The second kappa shape index (κ2) is 22.6. The Morgan fingerprint density at radius 2 is 1.64 bits per heavy atom. The number of aliphatic hydroxyl groups is 3. The van der Waals surface area contributed by atoms with Gasteiger partial charge in [0, 0.05) is 32.4 Å². The molecule has 4 heterocycles. The minimum Gasteiger partial charge on any atom is -0.464 e. The summed E-state index contributed by atoms with van der Waals surface area (Å²) in [5.74, 6) is -10.4. The first kappa shape index (κ1) is 53.2. The minimum atomic E-state index is -2.65. The van der Waals surface area contributed by atoms with E-state index in [4.69, 9.17) is 9.47 Å². The molecule has 67 heavy (non-hydrogen) atoms. The number of fused-ring (bicyclic) bond motifs is 2. The first-order valence-electron chi connectivity index (χ1n) is 23.5. The normalized spacial score (nSPS) is 32.3. The number of hydrogen-bond acceptors (Lipinski definition) is 15. The van der Waals surface area contributed by atoms with Crippen LogP contribution in [0.2, 0.25) is 0 Å². The number of rotatable bonds is 9. The van der Waals surface area contributed by atoms with Gasteiger partial charge in [-0.15, -0.1) is 0 Å². The highest BCUT2D eigenvalue weighted by Crippen LogP contribution is 2.40. The van der Waals surface area contributed by atoms with Crippen molar-refractivity contribution in [3.8, 4) is 0 Å². The molecule has 8 N–H and O–H groups in total. The van der Waals surface area contributed by atoms with Crippen LogP contribution in [0.1, 0.15) is 92.6 Å². The van der Waals surface area contributed by atoms with Crippen LogP contribution in [-0.2, 0) is 49.5 Å². The standard InChI is InChI=1S/C46H72N8O13/c1-26(2)21-31-16-18-46(64,67-29(31)6)45(7,63)44(62)50-37-32(27(3)4)24-66-43(61)33(23-55)49-38(56)34-15-12-19-48-53(34)40(58)36(22-30-13-10-9-11-14-30)51(8)39(57)28(5)54(65)41(59)35-17-20-47-25-52(35)42(37)60/h9-11,13-14,26-29,31-37,47-48,55,63-65H,12,15-25H2,1-8H3,(H,49,56)(H,50,62). The first-order valence-corrected chi connectivity index (χ1v) is 23.5. The number of aliphatic hydroxyl groups excluding tert-OH is 1. The third-order valence-electron chi connectivity index (χ3n) is 13.8. The number of nitrogens with zero attached hydrogens (tertiary/aromatic N) is 4. The summed E-state index contributed by atoms with van der Waals surface area (Å²) < 4.78 is 11.7. The maximum atomic E-state index is 15.1. The highest BCUT2D eigenvalue weighted by Gasteiger charge is 2.57. The summed E-state index contributed by atoms with van der Waals surface area (Å²) in [5, 5.41) is 55.1. The number of carbonyl (C=O) groups is 7. The number of nitrogens with one attached hydrogen (secondary N) is 4. The Morgan fingerprint density at radius 1 is 0.955 bits per heavy atom. The van der Waals surface area contributed by atoms with Crippen LogP contribution in [0.15, 0.2) is 30.3 Å². The van der Waals surface area contributed by atoms with E-state index in [1.165, 1.54) is 14.0 Å². The number of hydrazine groups is 1. The van der Waals surface area contributed by atoms with Gasteiger partial charge in [-0.3, -0.25) is 44.3 Å². The molecule has 1 aromatic carbocycles. The van der Waals surface area contributed by atoms with Gasteiger partial charge in [-0.2, -0.15) is 0 Å². The van der Waals surface area contributed by atoms with Crippen LogP contribution in [0.5, 0.6) is 0 Å². The largest absolute Gasteiger partial charge is 0.464 e. The maximum Gasteiger partial charge on any atom is 0.331 e. The SMILES string of the molecule is CC(C)CC1CCC(O)(C(C)(O)C(=O)NC2C(=O)N3CNCCC3C(=O)N(O)C(C)C(=O)N(C)C(Cc3ccccc3)C(=O)N3NCCCC3C(=O)NC(CO)C(=O)OCC2C(C)C)OC1C. The molecular formula is C46H72N8O13. The van der Waals surface area contributed by atoms with Crippen LogP contribution >= 0.6 is 0 Å². The number of esters is 1. The van der Waals surface area contributed by atoms with Crippen LogP contribution < -0.4 is 21.4 Å². The predicted octanol–water partition coefficient (Wildman–Crippen LogP) is -0.602. The number of cyclic esters (lactones) is 1. The lowest BCUT2D eigenvalue weighted by Crippen LogP contribution is -2.69. The first-order chi connectivity index (χ1) is 31.5. The third kappa shape index (κ3) is 11.9. The number of benzene rings is 1. The van der Waals surface area contributed by atoms with E-state index in [0.29, 0.717) is 24.3 Å². The fraction of sp³-hybridized carbons (Fsp3) is 0.717. The Labute approximate surface area is 392 Å². The highest BCUT2D eigenvalue weighted by atomic mass is 16.6. The molecule has 11 unspecified atom stereocenters. The predicted molar refractivity (Wildman–Crippen MR) is 239 cm³/mol. The third-order valence-corrected chi connectivity index (χ3v) is 13.8. The molecule has 4 aliphatic heterocycles. The Morgan fingerprint density at radius 3 is 2.27 bits per heavy atom. The highest BCUT2D eigenvalue weighted by molar-refractivity contribution is 5.97. The van der Waals surface area contributed by atoms with Crippen LogP contribution in [-0.4, -0.2) is 176 Å². The van der Waals surface area contributed by atoms with Gasteiger partial charge in [0.2, 0.25) is 23.5 Å². The fourth-order valence-electron chi connectivity index (χ4n) is 9.43. The number of hydrogen-bond donors (Lipinski definition) is 8. The average molecular weight is 945 g/mol. The van der Waals surface area contributed by atoms with Crippen LogP contribution in [0, 0.1) is 23.7 Å². The summed E-state index contributed by atoms with van der Waals surface area (Å²) in [6.07, 6.45) is 1.00. The second-order valence-electron chi connectivity index (χ2n) is 19.4. The molecule has 21 nitrogen and oxygen atoms in total. The molecule has 374 valence electrons. The molecule has 5 rings (SSSR count). The van der Waals surface area contributed by atoms with E-state index in [1.807, 2.05) is 0 Å². The topological polar surface area (TPSA) is 280 Å². The molecule has 4 saturated heterocycles. The van der Waals surface area contributed by atoms with Crippen molar-refractivity contribution in [3.63, 3.8) is 0 Å². The van der Waals surface area contributed by atoms with Gasteiger partial charge in [0.15, 0.2) is 11.6 Å². The average Bonchev–Trinajstić information content (AvgIpc) is 3.30.